The van der Waals surface area contributed by atoms with Gasteiger partial charge in [-0.25, -0.2) is 13.2 Å². The van der Waals surface area contributed by atoms with E-state index in [1.54, 1.807) is 20.8 Å². The SMILES string of the molecule is CC(C)(C)[C@H](NC(=O)COCCCCOc1ccc(-c2ncc(N3C(=S)N(c4ccc(C#N)c(C(F)(F)F)c4F)C(=O)C3(C)C)cc2F)cc1F)C(=O)N1C[C@H](O)C[C@H]1C(=O)NCc1ccccc1. The number of nitriles is 1. The number of β-amino-alcohol motifs (C(OH)–C–C–N with tert-alkyl or cyclic N) is 1. The second-order valence-electron chi connectivity index (χ2n) is 18.0. The number of alkyl halides is 3. The Kier molecular flexibility index (Phi) is 15.7. The molecule has 0 spiro atoms. The number of carbonyl (C=O) groups is 4. The number of pyridine rings is 1. The minimum atomic E-state index is -5.28. The van der Waals surface area contributed by atoms with Gasteiger partial charge < -0.3 is 35.0 Å². The molecule has 4 amide bonds. The molecule has 2 fully saturated rings. The molecule has 69 heavy (non-hydrogen) atoms. The molecule has 2 saturated heterocycles. The molecular formula is C48H49F6N7O7S. The molecule has 3 aromatic carbocycles. The van der Waals surface area contributed by atoms with Crippen LogP contribution in [0.5, 0.6) is 5.75 Å². The van der Waals surface area contributed by atoms with Crippen molar-refractivity contribution in [2.45, 2.75) is 90.3 Å². The number of aromatic nitrogens is 1. The van der Waals surface area contributed by atoms with Crippen molar-refractivity contribution in [3.63, 3.8) is 0 Å². The molecule has 14 nitrogen and oxygen atoms in total. The fourth-order valence-electron chi connectivity index (χ4n) is 7.96. The van der Waals surface area contributed by atoms with Crippen molar-refractivity contribution in [1.82, 2.24) is 20.5 Å². The van der Waals surface area contributed by atoms with Gasteiger partial charge in [0.1, 0.15) is 35.5 Å². The van der Waals surface area contributed by atoms with Gasteiger partial charge >= 0.3 is 6.18 Å². The number of rotatable bonds is 16. The fourth-order valence-corrected chi connectivity index (χ4v) is 8.47. The third-order valence-corrected chi connectivity index (χ3v) is 11.9. The number of nitrogens with zero attached hydrogens (tertiary/aromatic N) is 5. The fraction of sp³-hybridized carbons (Fsp3) is 0.396. The van der Waals surface area contributed by atoms with E-state index >= 15 is 13.2 Å². The molecule has 0 bridgehead atoms. The zero-order valence-corrected chi connectivity index (χ0v) is 38.9. The van der Waals surface area contributed by atoms with E-state index in [0.29, 0.717) is 23.8 Å². The number of halogens is 6. The Labute approximate surface area is 399 Å². The first-order valence-electron chi connectivity index (χ1n) is 21.7. The molecule has 4 aromatic rings. The molecule has 6 rings (SSSR count). The summed E-state index contributed by atoms with van der Waals surface area (Å²) in [5.74, 6) is -6.32. The number of thiocarbonyl (C=S) groups is 1. The number of aliphatic hydroxyl groups is 1. The summed E-state index contributed by atoms with van der Waals surface area (Å²) >= 11 is 5.41. The van der Waals surface area contributed by atoms with Gasteiger partial charge in [-0.2, -0.15) is 18.4 Å². The Balaban J connectivity index is 0.989. The molecule has 0 unspecified atom stereocenters. The number of unbranched alkanes of at least 4 members (excludes halogenated alkanes) is 1. The first-order chi connectivity index (χ1) is 32.4. The summed E-state index contributed by atoms with van der Waals surface area (Å²) in [6, 6.07) is 14.6. The smallest absolute Gasteiger partial charge is 0.420 e. The predicted molar refractivity (Wildman–Crippen MR) is 244 cm³/mol. The van der Waals surface area contributed by atoms with Gasteiger partial charge in [-0.1, -0.05) is 51.1 Å². The highest BCUT2D eigenvalue weighted by atomic mass is 32.1. The second-order valence-corrected chi connectivity index (χ2v) is 18.4. The Morgan fingerprint density at radius 1 is 1.00 bits per heavy atom. The Hall–Kier alpha value is -6.63. The lowest BCUT2D eigenvalue weighted by atomic mass is 9.85. The van der Waals surface area contributed by atoms with Gasteiger partial charge in [-0.05, 0) is 80.2 Å². The maximum Gasteiger partial charge on any atom is 0.420 e. The van der Waals surface area contributed by atoms with Crippen LogP contribution >= 0.6 is 12.2 Å². The maximum atomic E-state index is 15.7. The summed E-state index contributed by atoms with van der Waals surface area (Å²) in [7, 11) is 0. The number of likely N-dealkylation sites (tertiary alicyclic amines) is 1. The number of nitrogens with one attached hydrogen (secondary N) is 2. The van der Waals surface area contributed by atoms with Crippen LogP contribution in [0, 0.1) is 34.2 Å². The zero-order valence-electron chi connectivity index (χ0n) is 38.1. The van der Waals surface area contributed by atoms with Gasteiger partial charge in [0.15, 0.2) is 28.3 Å². The molecule has 0 aliphatic carbocycles. The summed E-state index contributed by atoms with van der Waals surface area (Å²) in [5, 5.41) is 24.6. The van der Waals surface area contributed by atoms with Crippen LogP contribution in [0.3, 0.4) is 0 Å². The highest BCUT2D eigenvalue weighted by molar-refractivity contribution is 7.81. The normalized spacial score (nSPS) is 17.5. The van der Waals surface area contributed by atoms with Crippen molar-refractivity contribution < 1.29 is 60.1 Å². The van der Waals surface area contributed by atoms with Crippen molar-refractivity contribution in [3.8, 4) is 23.1 Å². The van der Waals surface area contributed by atoms with Crippen LogP contribution in [0.15, 0.2) is 72.9 Å². The van der Waals surface area contributed by atoms with E-state index in [1.165, 1.54) is 36.9 Å². The number of hydrogen-bond acceptors (Lipinski definition) is 10. The maximum absolute atomic E-state index is 15.7. The largest absolute Gasteiger partial charge is 0.491 e. The second kappa shape index (κ2) is 20.9. The van der Waals surface area contributed by atoms with Crippen LogP contribution in [0.4, 0.5) is 37.7 Å². The standard InChI is InChI=1S/C48H49F6N7O7S/c1-46(2,3)41(43(65)59-25-31(62)21-35(59)42(64)57-23-27-11-7-6-8-12-27)58-37(63)26-67-17-9-10-18-68-36-16-14-28(19-32(36)49)40-33(50)20-30(24-56-40)61-45(69)60(44(66)47(61,4)5)34-15-13-29(22-55)38(39(34)51)48(52,53)54/h6-8,11-16,19-20,24,31,35,41,62H,9-10,17-18,21,23,25-26H2,1-5H3,(H,57,64)(H,58,63)/t31-,35+,41-/m1/s1. The molecule has 0 radical (unpaired) electrons. The molecule has 2 aliphatic heterocycles. The third-order valence-electron chi connectivity index (χ3n) is 11.5. The van der Waals surface area contributed by atoms with E-state index in [-0.39, 0.29) is 62.0 Å². The van der Waals surface area contributed by atoms with E-state index in [2.05, 4.69) is 15.6 Å². The summed E-state index contributed by atoms with van der Waals surface area (Å²) in [6.07, 6.45) is -4.25. The van der Waals surface area contributed by atoms with Crippen molar-refractivity contribution in [2.75, 3.05) is 36.2 Å². The predicted octanol–water partition coefficient (Wildman–Crippen LogP) is 6.96. The molecular weight excluding hydrogens is 933 g/mol. The lowest BCUT2D eigenvalue weighted by molar-refractivity contribution is -0.144. The van der Waals surface area contributed by atoms with Gasteiger partial charge in [-0.15, -0.1) is 0 Å². The number of ether oxygens (including phenoxy) is 2. The van der Waals surface area contributed by atoms with E-state index < -0.39 is 98.3 Å². The van der Waals surface area contributed by atoms with Gasteiger partial charge in [-0.3, -0.25) is 29.1 Å². The van der Waals surface area contributed by atoms with Crippen molar-refractivity contribution in [1.29, 1.82) is 5.26 Å². The molecule has 366 valence electrons. The minimum absolute atomic E-state index is 0.00782. The van der Waals surface area contributed by atoms with E-state index in [0.717, 1.165) is 34.9 Å². The molecule has 3 heterocycles. The van der Waals surface area contributed by atoms with Crippen LogP contribution in [0.25, 0.3) is 11.3 Å². The van der Waals surface area contributed by atoms with Crippen LogP contribution in [0.2, 0.25) is 0 Å². The number of anilines is 2. The molecule has 3 atom stereocenters. The monoisotopic (exact) mass is 981 g/mol. The number of amides is 4. The highest BCUT2D eigenvalue weighted by Gasteiger charge is 2.52. The third kappa shape index (κ3) is 11.5. The summed E-state index contributed by atoms with van der Waals surface area (Å²) in [4.78, 5) is 60.5. The molecule has 1 aromatic heterocycles. The summed E-state index contributed by atoms with van der Waals surface area (Å²) in [6.45, 7) is 7.92. The lowest BCUT2D eigenvalue weighted by Crippen LogP contribution is -2.58. The topological polar surface area (TPSA) is 177 Å². The average Bonchev–Trinajstić information content (AvgIpc) is 3.76. The van der Waals surface area contributed by atoms with E-state index in [1.807, 2.05) is 30.3 Å². The van der Waals surface area contributed by atoms with Crippen LogP contribution in [-0.2, 0) is 36.6 Å². The molecule has 3 N–H and O–H groups in total. The van der Waals surface area contributed by atoms with Crippen LogP contribution in [-0.4, -0.2) is 93.8 Å². The first kappa shape index (κ1) is 51.8. The molecule has 0 saturated carbocycles. The number of benzene rings is 3. The Morgan fingerprint density at radius 2 is 1.70 bits per heavy atom. The highest BCUT2D eigenvalue weighted by Crippen LogP contribution is 2.42. The quantitative estimate of drug-likeness (QED) is 0.0601. The Bertz CT molecular complexity index is 2660. The number of carbonyl (C=O) groups excluding carboxylic acids is 4. The van der Waals surface area contributed by atoms with Crippen molar-refractivity contribution in [3.05, 3.63) is 107 Å². The lowest BCUT2D eigenvalue weighted by Gasteiger charge is -2.35. The minimum Gasteiger partial charge on any atom is -0.491 e. The zero-order chi connectivity index (χ0) is 50.6. The van der Waals surface area contributed by atoms with Crippen LogP contribution in [0.1, 0.15) is 70.6 Å². The number of hydrogen-bond donors (Lipinski definition) is 3. The van der Waals surface area contributed by atoms with Gasteiger partial charge in [0, 0.05) is 37.7 Å². The van der Waals surface area contributed by atoms with Gasteiger partial charge in [0.2, 0.25) is 17.7 Å². The first-order valence-corrected chi connectivity index (χ1v) is 22.1. The van der Waals surface area contributed by atoms with E-state index in [9.17, 15) is 37.5 Å². The van der Waals surface area contributed by atoms with Crippen LogP contribution < -0.4 is 25.2 Å². The van der Waals surface area contributed by atoms with Gasteiger partial charge in [0.05, 0.1) is 41.9 Å². The van der Waals surface area contributed by atoms with Crippen molar-refractivity contribution in [2.24, 2.45) is 5.41 Å². The van der Waals surface area contributed by atoms with Gasteiger partial charge in [0.25, 0.3) is 5.91 Å². The Morgan fingerprint density at radius 3 is 2.33 bits per heavy atom. The molecule has 2 aliphatic rings. The summed E-state index contributed by atoms with van der Waals surface area (Å²) in [5.41, 5.74) is -5.71. The van der Waals surface area contributed by atoms with E-state index in [4.69, 9.17) is 27.0 Å². The number of aliphatic hydroxyl groups excluding tert-OH is 1. The van der Waals surface area contributed by atoms with Crippen molar-refractivity contribution >= 4 is 52.3 Å². The molecule has 21 heteroatoms. The average molecular weight is 982 g/mol. The summed E-state index contributed by atoms with van der Waals surface area (Å²) < 4.78 is 98.7.